The number of nitrogens with one attached hydrogen (secondary N) is 1. The van der Waals surface area contributed by atoms with Crippen molar-refractivity contribution < 1.29 is 9.18 Å². The van der Waals surface area contributed by atoms with E-state index in [1.54, 1.807) is 19.1 Å². The molecule has 1 aromatic heterocycles. The van der Waals surface area contributed by atoms with Gasteiger partial charge in [-0.25, -0.2) is 14.1 Å². The van der Waals surface area contributed by atoms with Crippen LogP contribution in [0.25, 0.3) is 0 Å². The second-order valence-corrected chi connectivity index (χ2v) is 3.95. The Hall–Kier alpha value is -2.24. The zero-order chi connectivity index (χ0) is 13.0. The summed E-state index contributed by atoms with van der Waals surface area (Å²) in [6.07, 6.45) is 2.83. The van der Waals surface area contributed by atoms with Gasteiger partial charge in [0.05, 0.1) is 0 Å². The number of aromatic nitrogens is 3. The van der Waals surface area contributed by atoms with E-state index in [4.69, 9.17) is 0 Å². The van der Waals surface area contributed by atoms with Crippen molar-refractivity contribution in [3.05, 3.63) is 47.8 Å². The van der Waals surface area contributed by atoms with Crippen LogP contribution in [0.4, 0.5) is 4.39 Å². The highest BCUT2D eigenvalue weighted by molar-refractivity contribution is 5.75. The second kappa shape index (κ2) is 5.39. The fourth-order valence-electron chi connectivity index (χ4n) is 1.46. The maximum atomic E-state index is 13.3. The van der Waals surface area contributed by atoms with Gasteiger partial charge < -0.3 is 5.32 Å². The van der Waals surface area contributed by atoms with Crippen LogP contribution < -0.4 is 5.32 Å². The van der Waals surface area contributed by atoms with E-state index in [0.29, 0.717) is 12.1 Å². The number of amides is 1. The molecule has 0 saturated heterocycles. The first kappa shape index (κ1) is 12.2. The second-order valence-electron chi connectivity index (χ2n) is 3.95. The van der Waals surface area contributed by atoms with Gasteiger partial charge in [-0.15, -0.1) is 0 Å². The molecule has 1 heterocycles. The maximum absolute atomic E-state index is 13.3. The Morgan fingerprint density at radius 1 is 1.50 bits per heavy atom. The van der Waals surface area contributed by atoms with Crippen LogP contribution in [-0.4, -0.2) is 20.7 Å². The highest BCUT2D eigenvalue weighted by atomic mass is 19.1. The number of carbonyl (C=O) groups excluding carboxylic acids is 1. The van der Waals surface area contributed by atoms with Crippen molar-refractivity contribution in [1.82, 2.24) is 20.1 Å². The standard InChI is InChI=1S/C12H13FN4O/c1-9-2-3-10(4-11(9)13)5-15-12(18)6-17-8-14-7-16-17/h2-4,7-8H,5-6H2,1H3,(H,15,18). The fourth-order valence-corrected chi connectivity index (χ4v) is 1.46. The zero-order valence-electron chi connectivity index (χ0n) is 9.93. The average molecular weight is 248 g/mol. The molecule has 0 aliphatic carbocycles. The molecule has 1 aromatic carbocycles. The molecule has 0 aliphatic rings. The lowest BCUT2D eigenvalue weighted by Gasteiger charge is -2.06. The Bertz CT molecular complexity index is 539. The summed E-state index contributed by atoms with van der Waals surface area (Å²) in [5.41, 5.74) is 1.32. The number of rotatable bonds is 4. The third kappa shape index (κ3) is 3.13. The van der Waals surface area contributed by atoms with Crippen LogP contribution in [0.15, 0.2) is 30.9 Å². The van der Waals surface area contributed by atoms with Crippen molar-refractivity contribution in [2.45, 2.75) is 20.0 Å². The minimum Gasteiger partial charge on any atom is -0.350 e. The first-order chi connectivity index (χ1) is 8.65. The summed E-state index contributed by atoms with van der Waals surface area (Å²) in [6, 6.07) is 4.90. The van der Waals surface area contributed by atoms with Crippen molar-refractivity contribution in [3.8, 4) is 0 Å². The summed E-state index contributed by atoms with van der Waals surface area (Å²) in [4.78, 5) is 15.3. The van der Waals surface area contributed by atoms with Crippen LogP contribution in [0.5, 0.6) is 0 Å². The van der Waals surface area contributed by atoms with Gasteiger partial charge >= 0.3 is 0 Å². The number of halogens is 1. The van der Waals surface area contributed by atoms with Gasteiger partial charge in [0, 0.05) is 6.54 Å². The third-order valence-corrected chi connectivity index (χ3v) is 2.50. The van der Waals surface area contributed by atoms with Crippen LogP contribution in [0.2, 0.25) is 0 Å². The largest absolute Gasteiger partial charge is 0.350 e. The Labute approximate surface area is 104 Å². The predicted molar refractivity (Wildman–Crippen MR) is 63.0 cm³/mol. The minimum atomic E-state index is -0.266. The monoisotopic (exact) mass is 248 g/mol. The predicted octanol–water partition coefficient (Wildman–Crippen LogP) is 1.04. The molecule has 0 unspecified atom stereocenters. The van der Waals surface area contributed by atoms with E-state index < -0.39 is 0 Å². The molecule has 18 heavy (non-hydrogen) atoms. The molecule has 5 nitrogen and oxygen atoms in total. The van der Waals surface area contributed by atoms with Gasteiger partial charge in [-0.2, -0.15) is 5.10 Å². The number of aryl methyl sites for hydroxylation is 1. The van der Waals surface area contributed by atoms with E-state index in [9.17, 15) is 9.18 Å². The Morgan fingerprint density at radius 2 is 2.33 bits per heavy atom. The minimum absolute atomic E-state index is 0.105. The highest BCUT2D eigenvalue weighted by Crippen LogP contribution is 2.08. The van der Waals surface area contributed by atoms with Crippen LogP contribution in [0, 0.1) is 12.7 Å². The molecule has 1 amide bonds. The topological polar surface area (TPSA) is 59.8 Å². The van der Waals surface area contributed by atoms with Gasteiger partial charge in [-0.05, 0) is 24.1 Å². The number of benzene rings is 1. The molecule has 0 atom stereocenters. The van der Waals surface area contributed by atoms with Gasteiger partial charge in [0.1, 0.15) is 25.0 Å². The smallest absolute Gasteiger partial charge is 0.242 e. The normalized spacial score (nSPS) is 10.3. The molecule has 2 rings (SSSR count). The van der Waals surface area contributed by atoms with E-state index >= 15 is 0 Å². The molecular weight excluding hydrogens is 235 g/mol. The maximum Gasteiger partial charge on any atom is 0.242 e. The van der Waals surface area contributed by atoms with E-state index in [1.165, 1.54) is 23.4 Å². The fraction of sp³-hybridized carbons (Fsp3) is 0.250. The van der Waals surface area contributed by atoms with Crippen molar-refractivity contribution in [3.63, 3.8) is 0 Å². The van der Waals surface area contributed by atoms with Crippen molar-refractivity contribution >= 4 is 5.91 Å². The molecule has 0 saturated carbocycles. The summed E-state index contributed by atoms with van der Waals surface area (Å²) in [5, 5.41) is 6.51. The number of hydrogen-bond acceptors (Lipinski definition) is 3. The highest BCUT2D eigenvalue weighted by Gasteiger charge is 2.04. The third-order valence-electron chi connectivity index (χ3n) is 2.50. The van der Waals surface area contributed by atoms with Gasteiger partial charge in [0.15, 0.2) is 0 Å². The average Bonchev–Trinajstić information content (AvgIpc) is 2.83. The molecular formula is C12H13FN4O. The molecule has 2 aromatic rings. The van der Waals surface area contributed by atoms with E-state index in [2.05, 4.69) is 15.4 Å². The number of nitrogens with zero attached hydrogens (tertiary/aromatic N) is 3. The summed E-state index contributed by atoms with van der Waals surface area (Å²) >= 11 is 0. The molecule has 1 N–H and O–H groups in total. The van der Waals surface area contributed by atoms with Crippen LogP contribution in [0.1, 0.15) is 11.1 Å². The van der Waals surface area contributed by atoms with Crippen LogP contribution >= 0.6 is 0 Å². The van der Waals surface area contributed by atoms with Gasteiger partial charge in [0.2, 0.25) is 5.91 Å². The lowest BCUT2D eigenvalue weighted by Crippen LogP contribution is -2.27. The molecule has 94 valence electrons. The summed E-state index contributed by atoms with van der Waals surface area (Å²) in [5.74, 6) is -0.459. The number of hydrogen-bond donors (Lipinski definition) is 1. The summed E-state index contributed by atoms with van der Waals surface area (Å²) in [6.45, 7) is 2.10. The molecule has 0 bridgehead atoms. The van der Waals surface area contributed by atoms with Crippen LogP contribution in [0.3, 0.4) is 0 Å². The molecule has 0 aliphatic heterocycles. The summed E-state index contributed by atoms with van der Waals surface area (Å²) in [7, 11) is 0. The van der Waals surface area contributed by atoms with E-state index in [1.807, 2.05) is 0 Å². The van der Waals surface area contributed by atoms with Gasteiger partial charge in [-0.1, -0.05) is 12.1 Å². The Balaban J connectivity index is 1.87. The van der Waals surface area contributed by atoms with Crippen LogP contribution in [-0.2, 0) is 17.9 Å². The lowest BCUT2D eigenvalue weighted by atomic mass is 10.1. The number of carbonyl (C=O) groups is 1. The molecule has 0 fully saturated rings. The SMILES string of the molecule is Cc1ccc(CNC(=O)Cn2cncn2)cc1F. The van der Waals surface area contributed by atoms with Gasteiger partial charge in [0.25, 0.3) is 0 Å². The molecule has 0 spiro atoms. The Kier molecular flexibility index (Phi) is 3.66. The van der Waals surface area contributed by atoms with E-state index in [-0.39, 0.29) is 18.3 Å². The lowest BCUT2D eigenvalue weighted by molar-refractivity contribution is -0.122. The van der Waals surface area contributed by atoms with Crippen molar-refractivity contribution in [1.29, 1.82) is 0 Å². The molecule has 0 radical (unpaired) electrons. The van der Waals surface area contributed by atoms with E-state index in [0.717, 1.165) is 5.56 Å². The van der Waals surface area contributed by atoms with Gasteiger partial charge in [-0.3, -0.25) is 4.79 Å². The Morgan fingerprint density at radius 3 is 3.00 bits per heavy atom. The zero-order valence-corrected chi connectivity index (χ0v) is 9.93. The molecule has 6 heteroatoms. The van der Waals surface area contributed by atoms with Crippen molar-refractivity contribution in [2.75, 3.05) is 0 Å². The first-order valence-electron chi connectivity index (χ1n) is 5.49. The summed E-state index contributed by atoms with van der Waals surface area (Å²) < 4.78 is 14.7. The van der Waals surface area contributed by atoms with Crippen molar-refractivity contribution in [2.24, 2.45) is 0 Å². The quantitative estimate of drug-likeness (QED) is 0.879. The first-order valence-corrected chi connectivity index (χ1v) is 5.49.